The molecule has 0 amide bonds. The van der Waals surface area contributed by atoms with Crippen molar-refractivity contribution in [2.75, 3.05) is 36.1 Å². The van der Waals surface area contributed by atoms with Gasteiger partial charge in [0, 0.05) is 43.8 Å². The first kappa shape index (κ1) is 20.8. The lowest BCUT2D eigenvalue weighted by Crippen LogP contribution is -2.27. The van der Waals surface area contributed by atoms with Crippen molar-refractivity contribution < 1.29 is 8.42 Å². The Morgan fingerprint density at radius 3 is 2.22 bits per heavy atom. The van der Waals surface area contributed by atoms with Gasteiger partial charge in [0.2, 0.25) is 5.95 Å². The minimum atomic E-state index is -3.20. The molecule has 1 saturated heterocycles. The lowest BCUT2D eigenvalue weighted by atomic mass is 10.2. The number of sulfone groups is 1. The van der Waals surface area contributed by atoms with Gasteiger partial charge in [0.15, 0.2) is 9.84 Å². The standard InChI is InChI=1S/C23H26N6O2S/c1-3-15-8-27-23(28-9-15)29-13-19-18(20(19)14-29)10-25-22-12-24-21(11-26-22)16-4-6-17(7-5-16)32(2,30)31/h4-9,11-12,18-20H,3,10,13-14H2,1-2H3,(H,25,26)/t18?,19-,20?/m0/s1. The van der Waals surface area contributed by atoms with Crippen molar-refractivity contribution in [3.05, 3.63) is 54.6 Å². The topological polar surface area (TPSA) is 101 Å². The predicted octanol–water partition coefficient (Wildman–Crippen LogP) is 2.69. The molecule has 32 heavy (non-hydrogen) atoms. The second kappa shape index (κ2) is 8.12. The van der Waals surface area contributed by atoms with E-state index < -0.39 is 9.84 Å². The van der Waals surface area contributed by atoms with Crippen molar-refractivity contribution in [3.8, 4) is 11.3 Å². The summed E-state index contributed by atoms with van der Waals surface area (Å²) in [6.45, 7) is 5.01. The number of hydrogen-bond acceptors (Lipinski definition) is 8. The van der Waals surface area contributed by atoms with Gasteiger partial charge in [0.05, 0.1) is 23.0 Å². The van der Waals surface area contributed by atoms with Gasteiger partial charge >= 0.3 is 0 Å². The summed E-state index contributed by atoms with van der Waals surface area (Å²) in [4.78, 5) is 20.6. The average Bonchev–Trinajstić information content (AvgIpc) is 3.26. The van der Waals surface area contributed by atoms with Crippen molar-refractivity contribution >= 4 is 21.6 Å². The summed E-state index contributed by atoms with van der Waals surface area (Å²) < 4.78 is 23.2. The van der Waals surface area contributed by atoms with Gasteiger partial charge in [-0.05, 0) is 41.9 Å². The Morgan fingerprint density at radius 1 is 0.969 bits per heavy atom. The summed E-state index contributed by atoms with van der Waals surface area (Å²) in [6.07, 6.45) is 9.45. The summed E-state index contributed by atoms with van der Waals surface area (Å²) in [7, 11) is -3.20. The van der Waals surface area contributed by atoms with Crippen LogP contribution in [0, 0.1) is 17.8 Å². The third-order valence-corrected chi connectivity index (χ3v) is 7.63. The van der Waals surface area contributed by atoms with E-state index in [1.807, 2.05) is 12.4 Å². The van der Waals surface area contributed by atoms with Gasteiger partial charge in [-0.15, -0.1) is 0 Å². The SMILES string of the molecule is CCc1cnc(N2CC3C(CNc4cnc(-c5ccc(S(C)(=O)=O)cc5)cn4)[C@@H]3C2)nc1. The van der Waals surface area contributed by atoms with E-state index in [9.17, 15) is 8.42 Å². The van der Waals surface area contributed by atoms with E-state index in [2.05, 4.69) is 37.1 Å². The monoisotopic (exact) mass is 450 g/mol. The first-order valence-corrected chi connectivity index (χ1v) is 12.7. The van der Waals surface area contributed by atoms with Gasteiger partial charge in [0.25, 0.3) is 0 Å². The fourth-order valence-corrected chi connectivity index (χ4v) is 5.10. The molecular formula is C23H26N6O2S. The van der Waals surface area contributed by atoms with Gasteiger partial charge in [-0.3, -0.25) is 4.98 Å². The van der Waals surface area contributed by atoms with Crippen LogP contribution in [-0.2, 0) is 16.3 Å². The number of aryl methyl sites for hydroxylation is 1. The van der Waals surface area contributed by atoms with Crippen molar-refractivity contribution in [1.82, 2.24) is 19.9 Å². The molecule has 1 N–H and O–H groups in total. The van der Waals surface area contributed by atoms with Crippen LogP contribution < -0.4 is 10.2 Å². The van der Waals surface area contributed by atoms with Gasteiger partial charge in [-0.25, -0.2) is 23.4 Å². The Bertz CT molecular complexity index is 1180. The van der Waals surface area contributed by atoms with Crippen LogP contribution in [0.3, 0.4) is 0 Å². The normalized spacial score (nSPS) is 21.9. The van der Waals surface area contributed by atoms with E-state index in [1.165, 1.54) is 11.8 Å². The molecule has 8 nitrogen and oxygen atoms in total. The summed E-state index contributed by atoms with van der Waals surface area (Å²) >= 11 is 0. The molecule has 9 heteroatoms. The van der Waals surface area contributed by atoms with Crippen LogP contribution in [0.2, 0.25) is 0 Å². The lowest BCUT2D eigenvalue weighted by molar-refractivity contribution is 0.602. The first-order chi connectivity index (χ1) is 15.4. The number of aromatic nitrogens is 4. The summed E-state index contributed by atoms with van der Waals surface area (Å²) in [5.41, 5.74) is 2.71. The Morgan fingerprint density at radius 2 is 1.66 bits per heavy atom. The van der Waals surface area contributed by atoms with E-state index in [0.29, 0.717) is 28.3 Å². The van der Waals surface area contributed by atoms with Gasteiger partial charge < -0.3 is 10.2 Å². The van der Waals surface area contributed by atoms with Crippen molar-refractivity contribution in [3.63, 3.8) is 0 Å². The molecule has 2 fully saturated rings. The van der Waals surface area contributed by atoms with Crippen LogP contribution >= 0.6 is 0 Å². The Hall–Kier alpha value is -3.07. The molecule has 2 aromatic heterocycles. The molecule has 1 saturated carbocycles. The maximum absolute atomic E-state index is 11.6. The summed E-state index contributed by atoms with van der Waals surface area (Å²) in [5.74, 6) is 3.59. The van der Waals surface area contributed by atoms with Crippen LogP contribution in [0.5, 0.6) is 0 Å². The zero-order valence-electron chi connectivity index (χ0n) is 18.1. The number of benzene rings is 1. The maximum atomic E-state index is 11.6. The van der Waals surface area contributed by atoms with Gasteiger partial charge in [0.1, 0.15) is 5.82 Å². The number of nitrogens with one attached hydrogen (secondary N) is 1. The zero-order chi connectivity index (χ0) is 22.3. The molecule has 3 heterocycles. The van der Waals surface area contributed by atoms with Crippen LogP contribution in [0.15, 0.2) is 53.9 Å². The molecule has 1 aromatic carbocycles. The third-order valence-electron chi connectivity index (χ3n) is 6.50. The molecule has 2 aliphatic rings. The second-order valence-electron chi connectivity index (χ2n) is 8.61. The zero-order valence-corrected chi connectivity index (χ0v) is 19.0. The molecule has 166 valence electrons. The minimum absolute atomic E-state index is 0.297. The van der Waals surface area contributed by atoms with Crippen LogP contribution in [-0.4, -0.2) is 54.2 Å². The highest BCUT2D eigenvalue weighted by Crippen LogP contribution is 2.52. The number of piperidine rings is 1. The third kappa shape index (κ3) is 4.17. The number of hydrogen-bond donors (Lipinski definition) is 1. The van der Waals surface area contributed by atoms with E-state index in [-0.39, 0.29) is 0 Å². The number of rotatable bonds is 7. The van der Waals surface area contributed by atoms with Crippen molar-refractivity contribution in [1.29, 1.82) is 0 Å². The van der Waals surface area contributed by atoms with Crippen molar-refractivity contribution in [2.45, 2.75) is 18.2 Å². The number of fused-ring (bicyclic) bond motifs is 1. The summed E-state index contributed by atoms with van der Waals surface area (Å²) in [6, 6.07) is 6.70. The number of nitrogens with zero attached hydrogens (tertiary/aromatic N) is 5. The molecule has 1 aliphatic carbocycles. The largest absolute Gasteiger partial charge is 0.368 e. The summed E-state index contributed by atoms with van der Waals surface area (Å²) in [5, 5.41) is 3.41. The van der Waals surface area contributed by atoms with E-state index in [0.717, 1.165) is 43.4 Å². The van der Waals surface area contributed by atoms with Gasteiger partial charge in [-0.1, -0.05) is 19.1 Å². The van der Waals surface area contributed by atoms with Crippen LogP contribution in [0.1, 0.15) is 12.5 Å². The predicted molar refractivity (Wildman–Crippen MR) is 123 cm³/mol. The first-order valence-electron chi connectivity index (χ1n) is 10.8. The Kier molecular flexibility index (Phi) is 5.28. The highest BCUT2D eigenvalue weighted by molar-refractivity contribution is 7.90. The molecule has 1 aliphatic heterocycles. The van der Waals surface area contributed by atoms with E-state index in [1.54, 1.807) is 36.7 Å². The van der Waals surface area contributed by atoms with Crippen LogP contribution in [0.25, 0.3) is 11.3 Å². The van der Waals surface area contributed by atoms with E-state index in [4.69, 9.17) is 0 Å². The molecule has 3 atom stereocenters. The molecule has 0 radical (unpaired) electrons. The van der Waals surface area contributed by atoms with Crippen LogP contribution in [0.4, 0.5) is 11.8 Å². The Labute approximate surface area is 188 Å². The highest BCUT2D eigenvalue weighted by atomic mass is 32.2. The fourth-order valence-electron chi connectivity index (χ4n) is 4.47. The molecule has 2 unspecified atom stereocenters. The molecule has 5 rings (SSSR count). The van der Waals surface area contributed by atoms with Gasteiger partial charge in [-0.2, -0.15) is 0 Å². The molecule has 0 spiro atoms. The molecular weight excluding hydrogens is 424 g/mol. The smallest absolute Gasteiger partial charge is 0.225 e. The molecule has 0 bridgehead atoms. The fraction of sp³-hybridized carbons (Fsp3) is 0.391. The maximum Gasteiger partial charge on any atom is 0.225 e. The van der Waals surface area contributed by atoms with Crippen molar-refractivity contribution in [2.24, 2.45) is 17.8 Å². The molecule has 3 aromatic rings. The van der Waals surface area contributed by atoms with E-state index >= 15 is 0 Å². The average molecular weight is 451 g/mol. The highest BCUT2D eigenvalue weighted by Gasteiger charge is 2.55. The Balaban J connectivity index is 1.13. The minimum Gasteiger partial charge on any atom is -0.368 e. The quantitative estimate of drug-likeness (QED) is 0.586. The second-order valence-corrected chi connectivity index (χ2v) is 10.6. The lowest BCUT2D eigenvalue weighted by Gasteiger charge is -2.19. The number of anilines is 2.